The Balaban J connectivity index is 2.44. The molecular formula is C13H12O3. The van der Waals surface area contributed by atoms with Crippen LogP contribution in [0.3, 0.4) is 0 Å². The number of aryl methyl sites for hydroxylation is 1. The average molecular weight is 216 g/mol. The molecule has 0 saturated heterocycles. The van der Waals surface area contributed by atoms with Crippen molar-refractivity contribution in [3.05, 3.63) is 47.9 Å². The molecule has 0 spiro atoms. The summed E-state index contributed by atoms with van der Waals surface area (Å²) in [6, 6.07) is 9.64. The van der Waals surface area contributed by atoms with Crippen molar-refractivity contribution in [2.45, 2.75) is 6.92 Å². The van der Waals surface area contributed by atoms with Crippen LogP contribution in [-0.4, -0.2) is 13.1 Å². The summed E-state index contributed by atoms with van der Waals surface area (Å²) in [6.07, 6.45) is 1.49. The molecule has 82 valence electrons. The van der Waals surface area contributed by atoms with Gasteiger partial charge in [-0.1, -0.05) is 29.8 Å². The Morgan fingerprint density at radius 1 is 1.19 bits per heavy atom. The van der Waals surface area contributed by atoms with Crippen LogP contribution in [0, 0.1) is 6.92 Å². The molecule has 0 radical (unpaired) electrons. The Morgan fingerprint density at radius 2 is 1.88 bits per heavy atom. The van der Waals surface area contributed by atoms with Crippen molar-refractivity contribution in [3.8, 4) is 11.1 Å². The number of ether oxygens (including phenoxy) is 1. The third-order valence-corrected chi connectivity index (χ3v) is 2.40. The maximum Gasteiger partial charge on any atom is 0.374 e. The normalized spacial score (nSPS) is 10.1. The van der Waals surface area contributed by atoms with Gasteiger partial charge in [-0.05, 0) is 18.6 Å². The molecule has 2 aromatic rings. The topological polar surface area (TPSA) is 39.4 Å². The lowest BCUT2D eigenvalue weighted by Gasteiger charge is -2.01. The third-order valence-electron chi connectivity index (χ3n) is 2.40. The Bertz CT molecular complexity index is 494. The van der Waals surface area contributed by atoms with Gasteiger partial charge in [0.1, 0.15) is 0 Å². The highest BCUT2D eigenvalue weighted by atomic mass is 16.5. The zero-order valence-electron chi connectivity index (χ0n) is 9.19. The van der Waals surface area contributed by atoms with Crippen LogP contribution >= 0.6 is 0 Å². The van der Waals surface area contributed by atoms with Crippen molar-refractivity contribution in [2.75, 3.05) is 7.11 Å². The first-order chi connectivity index (χ1) is 7.72. The van der Waals surface area contributed by atoms with Gasteiger partial charge >= 0.3 is 5.97 Å². The molecule has 2 rings (SSSR count). The van der Waals surface area contributed by atoms with E-state index >= 15 is 0 Å². The van der Waals surface area contributed by atoms with Crippen LogP contribution < -0.4 is 0 Å². The number of rotatable bonds is 2. The lowest BCUT2D eigenvalue weighted by molar-refractivity contribution is 0.0566. The van der Waals surface area contributed by atoms with Crippen LogP contribution in [0.5, 0.6) is 0 Å². The summed E-state index contributed by atoms with van der Waals surface area (Å²) in [4.78, 5) is 11.4. The molecule has 0 aliphatic heterocycles. The summed E-state index contributed by atoms with van der Waals surface area (Å²) in [6.45, 7) is 2.01. The molecule has 3 heteroatoms. The fourth-order valence-corrected chi connectivity index (χ4v) is 1.52. The SMILES string of the molecule is COC(=O)c1occc1-c1ccc(C)cc1. The molecule has 0 N–H and O–H groups in total. The van der Waals surface area contributed by atoms with Crippen molar-refractivity contribution >= 4 is 5.97 Å². The minimum Gasteiger partial charge on any atom is -0.463 e. The number of methoxy groups -OCH3 is 1. The van der Waals surface area contributed by atoms with E-state index < -0.39 is 5.97 Å². The highest BCUT2D eigenvalue weighted by Crippen LogP contribution is 2.25. The summed E-state index contributed by atoms with van der Waals surface area (Å²) in [5, 5.41) is 0. The minimum atomic E-state index is -0.458. The first-order valence-electron chi connectivity index (χ1n) is 4.95. The van der Waals surface area contributed by atoms with Gasteiger partial charge in [0.2, 0.25) is 5.76 Å². The Morgan fingerprint density at radius 3 is 2.50 bits per heavy atom. The van der Waals surface area contributed by atoms with Gasteiger partial charge in [0.05, 0.1) is 13.4 Å². The number of carbonyl (C=O) groups is 1. The molecule has 0 saturated carbocycles. The molecular weight excluding hydrogens is 204 g/mol. The van der Waals surface area contributed by atoms with E-state index in [1.807, 2.05) is 31.2 Å². The second-order valence-corrected chi connectivity index (χ2v) is 3.52. The smallest absolute Gasteiger partial charge is 0.374 e. The predicted octanol–water partition coefficient (Wildman–Crippen LogP) is 3.04. The second-order valence-electron chi connectivity index (χ2n) is 3.52. The van der Waals surface area contributed by atoms with E-state index in [2.05, 4.69) is 4.74 Å². The number of hydrogen-bond acceptors (Lipinski definition) is 3. The highest BCUT2D eigenvalue weighted by Gasteiger charge is 2.16. The van der Waals surface area contributed by atoms with Crippen LogP contribution in [0.1, 0.15) is 16.1 Å². The molecule has 1 heterocycles. The first-order valence-corrected chi connectivity index (χ1v) is 4.95. The van der Waals surface area contributed by atoms with Crippen molar-refractivity contribution in [1.82, 2.24) is 0 Å². The van der Waals surface area contributed by atoms with Crippen LogP contribution in [0.4, 0.5) is 0 Å². The molecule has 1 aromatic carbocycles. The van der Waals surface area contributed by atoms with E-state index in [4.69, 9.17) is 4.42 Å². The molecule has 0 aliphatic carbocycles. The summed E-state index contributed by atoms with van der Waals surface area (Å²) < 4.78 is 9.78. The average Bonchev–Trinajstić information content (AvgIpc) is 2.78. The maximum absolute atomic E-state index is 11.4. The lowest BCUT2D eigenvalue weighted by atomic mass is 10.0. The minimum absolute atomic E-state index is 0.242. The molecule has 0 unspecified atom stereocenters. The lowest BCUT2D eigenvalue weighted by Crippen LogP contribution is -2.00. The van der Waals surface area contributed by atoms with E-state index in [1.165, 1.54) is 18.9 Å². The molecule has 0 aliphatic rings. The van der Waals surface area contributed by atoms with Gasteiger partial charge in [0, 0.05) is 5.56 Å². The second kappa shape index (κ2) is 4.23. The summed E-state index contributed by atoms with van der Waals surface area (Å²) >= 11 is 0. The number of carbonyl (C=O) groups excluding carboxylic acids is 1. The van der Waals surface area contributed by atoms with Crippen molar-refractivity contribution in [2.24, 2.45) is 0 Å². The van der Waals surface area contributed by atoms with E-state index in [1.54, 1.807) is 6.07 Å². The van der Waals surface area contributed by atoms with Crippen LogP contribution in [0.2, 0.25) is 0 Å². The number of benzene rings is 1. The molecule has 0 amide bonds. The van der Waals surface area contributed by atoms with Crippen molar-refractivity contribution in [1.29, 1.82) is 0 Å². The Hall–Kier alpha value is -2.03. The predicted molar refractivity (Wildman–Crippen MR) is 60.2 cm³/mol. The van der Waals surface area contributed by atoms with Gasteiger partial charge in [-0.3, -0.25) is 0 Å². The van der Waals surface area contributed by atoms with Crippen molar-refractivity contribution in [3.63, 3.8) is 0 Å². The zero-order valence-corrected chi connectivity index (χ0v) is 9.19. The summed E-state index contributed by atoms with van der Waals surface area (Å²) in [7, 11) is 1.34. The fourth-order valence-electron chi connectivity index (χ4n) is 1.52. The molecule has 16 heavy (non-hydrogen) atoms. The molecule has 1 aromatic heterocycles. The number of furan rings is 1. The van der Waals surface area contributed by atoms with Gasteiger partial charge in [-0.2, -0.15) is 0 Å². The summed E-state index contributed by atoms with van der Waals surface area (Å²) in [5.41, 5.74) is 2.87. The Labute approximate surface area is 93.7 Å². The zero-order chi connectivity index (χ0) is 11.5. The van der Waals surface area contributed by atoms with Gasteiger partial charge in [0.15, 0.2) is 0 Å². The first kappa shape index (κ1) is 10.5. The van der Waals surface area contributed by atoms with Crippen molar-refractivity contribution < 1.29 is 13.9 Å². The highest BCUT2D eigenvalue weighted by molar-refractivity contribution is 5.94. The van der Waals surface area contributed by atoms with Crippen LogP contribution in [0.25, 0.3) is 11.1 Å². The van der Waals surface area contributed by atoms with E-state index in [0.717, 1.165) is 11.1 Å². The monoisotopic (exact) mass is 216 g/mol. The number of esters is 1. The van der Waals surface area contributed by atoms with Gasteiger partial charge in [0.25, 0.3) is 0 Å². The van der Waals surface area contributed by atoms with Gasteiger partial charge in [-0.25, -0.2) is 4.79 Å². The maximum atomic E-state index is 11.4. The quantitative estimate of drug-likeness (QED) is 0.724. The van der Waals surface area contributed by atoms with Gasteiger partial charge < -0.3 is 9.15 Å². The van der Waals surface area contributed by atoms with E-state index in [-0.39, 0.29) is 5.76 Å². The fraction of sp³-hybridized carbons (Fsp3) is 0.154. The van der Waals surface area contributed by atoms with Crippen LogP contribution in [-0.2, 0) is 4.74 Å². The summed E-state index contributed by atoms with van der Waals surface area (Å²) in [5.74, 6) is -0.216. The largest absolute Gasteiger partial charge is 0.463 e. The van der Waals surface area contributed by atoms with E-state index in [0.29, 0.717) is 0 Å². The number of hydrogen-bond donors (Lipinski definition) is 0. The van der Waals surface area contributed by atoms with E-state index in [9.17, 15) is 4.79 Å². The molecule has 0 fully saturated rings. The molecule has 3 nitrogen and oxygen atoms in total. The molecule has 0 atom stereocenters. The molecule has 0 bridgehead atoms. The Kier molecular flexibility index (Phi) is 2.77. The van der Waals surface area contributed by atoms with Crippen LogP contribution in [0.15, 0.2) is 41.0 Å². The third kappa shape index (κ3) is 1.84. The van der Waals surface area contributed by atoms with Gasteiger partial charge in [-0.15, -0.1) is 0 Å². The standard InChI is InChI=1S/C13H12O3/c1-9-3-5-10(6-4-9)11-7-8-16-12(11)13(14)15-2/h3-8H,1-2H3.